The Morgan fingerprint density at radius 1 is 0.327 bits per heavy atom. The lowest BCUT2D eigenvalue weighted by Gasteiger charge is -2.09. The minimum absolute atomic E-state index is 0.501. The molecule has 0 fully saturated rings. The Labute approximate surface area is 281 Å². The van der Waals surface area contributed by atoms with Gasteiger partial charge >= 0.3 is 0 Å². The van der Waals surface area contributed by atoms with E-state index in [2.05, 4.69) is 147 Å². The smallest absolute Gasteiger partial charge is 0.248 e. The van der Waals surface area contributed by atoms with Crippen molar-refractivity contribution in [3.63, 3.8) is 0 Å². The van der Waals surface area contributed by atoms with Gasteiger partial charge in [-0.1, -0.05) is 84.9 Å². The Kier molecular flexibility index (Phi) is 6.11. The molecular weight excluding hydrogens is 601 g/mol. The van der Waals surface area contributed by atoms with Gasteiger partial charge in [0.15, 0.2) is 0 Å². The maximum Gasteiger partial charge on any atom is 0.248 e. The quantitative estimate of drug-likeness (QED) is 0.191. The average molecular weight is 629 g/mol. The highest BCUT2D eigenvalue weighted by Crippen LogP contribution is 2.38. The molecular formula is C44H28N4O. The summed E-state index contributed by atoms with van der Waals surface area (Å²) in [4.78, 5) is 0. The Morgan fingerprint density at radius 2 is 0.735 bits per heavy atom. The molecule has 0 aliphatic carbocycles. The molecule has 0 spiro atoms. The van der Waals surface area contributed by atoms with E-state index in [-0.39, 0.29) is 0 Å². The van der Waals surface area contributed by atoms with E-state index in [1.54, 1.807) is 0 Å². The molecule has 0 radical (unpaired) electrons. The van der Waals surface area contributed by atoms with Crippen LogP contribution in [0.25, 0.3) is 89.0 Å². The Hall–Kier alpha value is -6.72. The molecule has 0 saturated carbocycles. The van der Waals surface area contributed by atoms with Crippen LogP contribution in [-0.4, -0.2) is 19.3 Å². The van der Waals surface area contributed by atoms with Crippen LogP contribution in [0, 0.1) is 0 Å². The maximum atomic E-state index is 6.03. The van der Waals surface area contributed by atoms with Gasteiger partial charge < -0.3 is 13.6 Å². The highest BCUT2D eigenvalue weighted by molar-refractivity contribution is 6.12. The fourth-order valence-corrected chi connectivity index (χ4v) is 7.23. The van der Waals surface area contributed by atoms with Gasteiger partial charge in [0.1, 0.15) is 0 Å². The van der Waals surface area contributed by atoms with Crippen LogP contribution in [0.3, 0.4) is 0 Å². The van der Waals surface area contributed by atoms with E-state index in [9.17, 15) is 0 Å². The van der Waals surface area contributed by atoms with Crippen molar-refractivity contribution in [1.29, 1.82) is 0 Å². The van der Waals surface area contributed by atoms with Gasteiger partial charge in [-0.3, -0.25) is 0 Å². The lowest BCUT2D eigenvalue weighted by atomic mass is 10.0. The third-order valence-corrected chi connectivity index (χ3v) is 9.51. The van der Waals surface area contributed by atoms with Gasteiger partial charge in [0.2, 0.25) is 11.8 Å². The van der Waals surface area contributed by atoms with E-state index >= 15 is 0 Å². The molecule has 49 heavy (non-hydrogen) atoms. The Morgan fingerprint density at radius 3 is 1.29 bits per heavy atom. The summed E-state index contributed by atoms with van der Waals surface area (Å²) in [5.74, 6) is 1.01. The summed E-state index contributed by atoms with van der Waals surface area (Å²) in [6, 6.07) is 59.8. The van der Waals surface area contributed by atoms with Gasteiger partial charge in [0, 0.05) is 44.0 Å². The SMILES string of the molecule is c1ccc(-c2nnc(-c3ccc(-n4c5ccccc5c5cc(-c6ccc7c(c6)c6ccccc6n7-c6ccccc6)ccc54)cc3)o2)cc1. The molecule has 3 aromatic heterocycles. The second-order valence-electron chi connectivity index (χ2n) is 12.3. The van der Waals surface area contributed by atoms with Crippen molar-refractivity contribution >= 4 is 43.6 Å². The minimum atomic E-state index is 0.501. The van der Waals surface area contributed by atoms with Crippen molar-refractivity contribution in [2.45, 2.75) is 0 Å². The average Bonchev–Trinajstić information content (AvgIpc) is 3.89. The number of hydrogen-bond acceptors (Lipinski definition) is 3. The number of aromatic nitrogens is 4. The summed E-state index contributed by atoms with van der Waals surface area (Å²) in [6.07, 6.45) is 0. The maximum absolute atomic E-state index is 6.03. The molecule has 5 nitrogen and oxygen atoms in total. The number of hydrogen-bond donors (Lipinski definition) is 0. The lowest BCUT2D eigenvalue weighted by Crippen LogP contribution is -1.94. The van der Waals surface area contributed by atoms with Gasteiger partial charge in [0.25, 0.3) is 0 Å². The Balaban J connectivity index is 1.07. The molecule has 10 aromatic rings. The van der Waals surface area contributed by atoms with E-state index in [1.807, 2.05) is 42.5 Å². The first-order valence-electron chi connectivity index (χ1n) is 16.4. The number of para-hydroxylation sites is 3. The van der Waals surface area contributed by atoms with Crippen LogP contribution in [0.2, 0.25) is 0 Å². The highest BCUT2D eigenvalue weighted by atomic mass is 16.4. The monoisotopic (exact) mass is 628 g/mol. The number of fused-ring (bicyclic) bond motifs is 6. The molecule has 0 saturated heterocycles. The lowest BCUT2D eigenvalue weighted by molar-refractivity contribution is 0.584. The van der Waals surface area contributed by atoms with Crippen molar-refractivity contribution in [3.8, 4) is 45.4 Å². The molecule has 0 N–H and O–H groups in total. The summed E-state index contributed by atoms with van der Waals surface area (Å²) in [5.41, 5.74) is 11.1. The summed E-state index contributed by atoms with van der Waals surface area (Å²) in [7, 11) is 0. The van der Waals surface area contributed by atoms with Gasteiger partial charge in [-0.05, 0) is 96.1 Å². The van der Waals surface area contributed by atoms with E-state index in [1.165, 1.54) is 43.7 Å². The van der Waals surface area contributed by atoms with Gasteiger partial charge in [-0.15, -0.1) is 10.2 Å². The summed E-state index contributed by atoms with van der Waals surface area (Å²) in [5, 5.41) is 13.5. The van der Waals surface area contributed by atoms with Gasteiger partial charge in [-0.25, -0.2) is 0 Å². The van der Waals surface area contributed by atoms with Crippen LogP contribution in [-0.2, 0) is 0 Å². The first-order valence-corrected chi connectivity index (χ1v) is 16.4. The fraction of sp³-hybridized carbons (Fsp3) is 0. The third-order valence-electron chi connectivity index (χ3n) is 9.51. The predicted molar refractivity (Wildman–Crippen MR) is 199 cm³/mol. The van der Waals surface area contributed by atoms with Crippen molar-refractivity contribution in [1.82, 2.24) is 19.3 Å². The number of nitrogens with zero attached hydrogens (tertiary/aromatic N) is 4. The van der Waals surface area contributed by atoms with E-state index < -0.39 is 0 Å². The molecule has 0 bridgehead atoms. The molecule has 10 rings (SSSR count). The first-order chi connectivity index (χ1) is 24.3. The predicted octanol–water partition coefficient (Wildman–Crippen LogP) is 11.3. The molecule has 0 atom stereocenters. The molecule has 3 heterocycles. The van der Waals surface area contributed by atoms with Crippen LogP contribution in [0.5, 0.6) is 0 Å². The van der Waals surface area contributed by atoms with Crippen molar-refractivity contribution in [2.24, 2.45) is 0 Å². The topological polar surface area (TPSA) is 48.8 Å². The highest BCUT2D eigenvalue weighted by Gasteiger charge is 2.17. The zero-order valence-corrected chi connectivity index (χ0v) is 26.4. The largest absolute Gasteiger partial charge is 0.416 e. The van der Waals surface area contributed by atoms with Crippen LogP contribution in [0.15, 0.2) is 174 Å². The van der Waals surface area contributed by atoms with E-state index in [4.69, 9.17) is 4.42 Å². The summed E-state index contributed by atoms with van der Waals surface area (Å²) in [6.45, 7) is 0. The molecule has 0 amide bonds. The van der Waals surface area contributed by atoms with Crippen molar-refractivity contribution in [3.05, 3.63) is 170 Å². The molecule has 0 aliphatic heterocycles. The molecule has 7 aromatic carbocycles. The third kappa shape index (κ3) is 4.40. The van der Waals surface area contributed by atoms with Crippen LogP contribution >= 0.6 is 0 Å². The second-order valence-corrected chi connectivity index (χ2v) is 12.3. The van der Waals surface area contributed by atoms with Gasteiger partial charge in [0.05, 0.1) is 22.1 Å². The summed E-state index contributed by atoms with van der Waals surface area (Å²) >= 11 is 0. The van der Waals surface area contributed by atoms with E-state index in [0.29, 0.717) is 11.8 Å². The molecule has 0 aliphatic rings. The van der Waals surface area contributed by atoms with Crippen LogP contribution < -0.4 is 0 Å². The minimum Gasteiger partial charge on any atom is -0.416 e. The zero-order valence-electron chi connectivity index (χ0n) is 26.4. The second kappa shape index (κ2) is 10.9. The van der Waals surface area contributed by atoms with E-state index in [0.717, 1.165) is 33.5 Å². The standard InChI is InChI=1S/C44H28N4O/c1-3-11-29(12-4-1)43-45-46-44(49-43)30-19-23-34(24-20-30)48-40-18-10-8-16-36(40)38-28-32(22-26-42(38)48)31-21-25-41-37(27-31)35-15-7-9-17-39(35)47(41)33-13-5-2-6-14-33/h1-28H. The summed E-state index contributed by atoms with van der Waals surface area (Å²) < 4.78 is 10.7. The number of benzene rings is 7. The number of rotatable bonds is 5. The first kappa shape index (κ1) is 27.4. The van der Waals surface area contributed by atoms with Crippen LogP contribution in [0.4, 0.5) is 0 Å². The molecule has 5 heteroatoms. The Bertz CT molecular complexity index is 2810. The molecule has 0 unspecified atom stereocenters. The van der Waals surface area contributed by atoms with Crippen molar-refractivity contribution < 1.29 is 4.42 Å². The zero-order chi connectivity index (χ0) is 32.3. The van der Waals surface area contributed by atoms with Crippen LogP contribution in [0.1, 0.15) is 0 Å². The molecule has 230 valence electrons. The van der Waals surface area contributed by atoms with Crippen molar-refractivity contribution in [2.75, 3.05) is 0 Å². The normalized spacial score (nSPS) is 11.7. The van der Waals surface area contributed by atoms with Gasteiger partial charge in [-0.2, -0.15) is 0 Å². The fourth-order valence-electron chi connectivity index (χ4n) is 7.23.